The van der Waals surface area contributed by atoms with E-state index in [9.17, 15) is 0 Å². The van der Waals surface area contributed by atoms with Crippen LogP contribution >= 0.6 is 11.3 Å². The van der Waals surface area contributed by atoms with Gasteiger partial charge in [0.15, 0.2) is 0 Å². The van der Waals surface area contributed by atoms with Crippen molar-refractivity contribution < 1.29 is 4.74 Å². The number of nitrogens with two attached hydrogens (primary N) is 1. The summed E-state index contributed by atoms with van der Waals surface area (Å²) in [6, 6.07) is -0.00182. The Kier molecular flexibility index (Phi) is 4.89. The van der Waals surface area contributed by atoms with E-state index in [1.54, 1.807) is 11.3 Å². The van der Waals surface area contributed by atoms with Gasteiger partial charge in [-0.3, -0.25) is 0 Å². The van der Waals surface area contributed by atoms with E-state index < -0.39 is 0 Å². The Labute approximate surface area is 102 Å². The molecule has 1 rings (SSSR count). The van der Waals surface area contributed by atoms with Crippen molar-refractivity contribution in [2.75, 3.05) is 6.61 Å². The lowest BCUT2D eigenvalue weighted by Crippen LogP contribution is -2.28. The molecule has 92 valence electrons. The second-order valence-corrected chi connectivity index (χ2v) is 4.86. The quantitative estimate of drug-likeness (QED) is 0.833. The first kappa shape index (κ1) is 13.6. The third-order valence-corrected chi connectivity index (χ3v) is 3.99. The SMILES string of the molecule is CCOC(CC)(CC)c1nc(C(C)N)cs1. The summed E-state index contributed by atoms with van der Waals surface area (Å²) in [6.45, 7) is 8.99. The van der Waals surface area contributed by atoms with Gasteiger partial charge >= 0.3 is 0 Å². The normalized spacial score (nSPS) is 14.1. The molecule has 1 heterocycles. The summed E-state index contributed by atoms with van der Waals surface area (Å²) < 4.78 is 5.91. The van der Waals surface area contributed by atoms with Crippen molar-refractivity contribution in [3.05, 3.63) is 16.1 Å². The molecular weight excluding hydrogens is 220 g/mol. The Balaban J connectivity index is 3.00. The Hall–Kier alpha value is -0.450. The van der Waals surface area contributed by atoms with Gasteiger partial charge < -0.3 is 10.5 Å². The van der Waals surface area contributed by atoms with Crippen molar-refractivity contribution in [1.82, 2.24) is 4.98 Å². The van der Waals surface area contributed by atoms with Gasteiger partial charge in [0.05, 0.1) is 5.69 Å². The van der Waals surface area contributed by atoms with Crippen LogP contribution in [-0.4, -0.2) is 11.6 Å². The van der Waals surface area contributed by atoms with E-state index in [1.807, 2.05) is 19.2 Å². The first-order valence-electron chi connectivity index (χ1n) is 5.95. The lowest BCUT2D eigenvalue weighted by molar-refractivity contribution is -0.0507. The largest absolute Gasteiger partial charge is 0.368 e. The zero-order valence-electron chi connectivity index (χ0n) is 10.6. The van der Waals surface area contributed by atoms with Gasteiger partial charge in [-0.15, -0.1) is 11.3 Å². The van der Waals surface area contributed by atoms with Gasteiger partial charge in [-0.05, 0) is 26.7 Å². The molecule has 0 bridgehead atoms. The number of nitrogens with zero attached hydrogens (tertiary/aromatic N) is 1. The third kappa shape index (κ3) is 2.62. The van der Waals surface area contributed by atoms with Gasteiger partial charge in [-0.1, -0.05) is 13.8 Å². The van der Waals surface area contributed by atoms with E-state index in [2.05, 4.69) is 18.8 Å². The van der Waals surface area contributed by atoms with Crippen LogP contribution in [0.1, 0.15) is 57.3 Å². The fourth-order valence-corrected chi connectivity index (χ4v) is 3.02. The second-order valence-electron chi connectivity index (χ2n) is 4.00. The Morgan fingerprint density at radius 1 is 1.44 bits per heavy atom. The summed E-state index contributed by atoms with van der Waals surface area (Å²) in [5.41, 5.74) is 6.58. The highest BCUT2D eigenvalue weighted by molar-refractivity contribution is 7.09. The fraction of sp³-hybridized carbons (Fsp3) is 0.750. The maximum atomic E-state index is 5.91. The highest BCUT2D eigenvalue weighted by atomic mass is 32.1. The number of hydrogen-bond donors (Lipinski definition) is 1. The van der Waals surface area contributed by atoms with Crippen molar-refractivity contribution in [3.8, 4) is 0 Å². The van der Waals surface area contributed by atoms with Crippen LogP contribution in [0.2, 0.25) is 0 Å². The lowest BCUT2D eigenvalue weighted by Gasteiger charge is -2.29. The Bertz CT molecular complexity index is 319. The maximum absolute atomic E-state index is 5.91. The fourth-order valence-electron chi connectivity index (χ4n) is 1.80. The molecule has 0 aliphatic carbocycles. The minimum atomic E-state index is -0.216. The minimum absolute atomic E-state index is 0.00182. The van der Waals surface area contributed by atoms with E-state index in [0.29, 0.717) is 0 Å². The van der Waals surface area contributed by atoms with Crippen LogP contribution in [0.15, 0.2) is 5.38 Å². The predicted octanol–water partition coefficient (Wildman–Crippen LogP) is 3.21. The first-order chi connectivity index (χ1) is 7.59. The average molecular weight is 242 g/mol. The third-order valence-electron chi connectivity index (χ3n) is 2.94. The van der Waals surface area contributed by atoms with Gasteiger partial charge in [0.25, 0.3) is 0 Å². The molecule has 0 aliphatic rings. The second kappa shape index (κ2) is 5.75. The summed E-state index contributed by atoms with van der Waals surface area (Å²) in [7, 11) is 0. The van der Waals surface area contributed by atoms with E-state index >= 15 is 0 Å². The molecule has 3 nitrogen and oxygen atoms in total. The molecule has 0 amide bonds. The molecule has 0 radical (unpaired) electrons. The molecular formula is C12H22N2OS. The number of rotatable bonds is 6. The van der Waals surface area contributed by atoms with Crippen LogP contribution in [0.3, 0.4) is 0 Å². The van der Waals surface area contributed by atoms with Crippen molar-refractivity contribution >= 4 is 11.3 Å². The topological polar surface area (TPSA) is 48.1 Å². The van der Waals surface area contributed by atoms with Crippen LogP contribution < -0.4 is 5.73 Å². The smallest absolute Gasteiger partial charge is 0.125 e. The van der Waals surface area contributed by atoms with Crippen LogP contribution in [0, 0.1) is 0 Å². The number of aromatic nitrogens is 1. The summed E-state index contributed by atoms with van der Waals surface area (Å²) >= 11 is 1.66. The maximum Gasteiger partial charge on any atom is 0.125 e. The van der Waals surface area contributed by atoms with E-state index in [0.717, 1.165) is 30.2 Å². The molecule has 0 fully saturated rings. The lowest BCUT2D eigenvalue weighted by atomic mass is 9.98. The van der Waals surface area contributed by atoms with E-state index in [4.69, 9.17) is 10.5 Å². The highest BCUT2D eigenvalue weighted by Gasteiger charge is 2.32. The van der Waals surface area contributed by atoms with Gasteiger partial charge in [-0.25, -0.2) is 4.98 Å². The van der Waals surface area contributed by atoms with Gasteiger partial charge in [0, 0.05) is 18.0 Å². The number of ether oxygens (including phenoxy) is 1. The zero-order valence-corrected chi connectivity index (χ0v) is 11.4. The van der Waals surface area contributed by atoms with Crippen molar-refractivity contribution in [3.63, 3.8) is 0 Å². The van der Waals surface area contributed by atoms with E-state index in [1.165, 1.54) is 0 Å². The minimum Gasteiger partial charge on any atom is -0.368 e. The first-order valence-corrected chi connectivity index (χ1v) is 6.83. The molecule has 1 atom stereocenters. The molecule has 0 saturated carbocycles. The van der Waals surface area contributed by atoms with Crippen LogP contribution in [-0.2, 0) is 10.3 Å². The van der Waals surface area contributed by atoms with Gasteiger partial charge in [0.2, 0.25) is 0 Å². The monoisotopic (exact) mass is 242 g/mol. The molecule has 2 N–H and O–H groups in total. The molecule has 4 heteroatoms. The number of hydrogen-bond acceptors (Lipinski definition) is 4. The average Bonchev–Trinajstić information content (AvgIpc) is 2.76. The van der Waals surface area contributed by atoms with Gasteiger partial charge in [0.1, 0.15) is 10.6 Å². The molecule has 0 spiro atoms. The Morgan fingerprint density at radius 3 is 2.44 bits per heavy atom. The predicted molar refractivity (Wildman–Crippen MR) is 68.6 cm³/mol. The molecule has 0 aliphatic heterocycles. The summed E-state index contributed by atoms with van der Waals surface area (Å²) in [5, 5.41) is 3.10. The number of thiazole rings is 1. The molecule has 16 heavy (non-hydrogen) atoms. The van der Waals surface area contributed by atoms with Crippen LogP contribution in [0.5, 0.6) is 0 Å². The van der Waals surface area contributed by atoms with Crippen molar-refractivity contribution in [2.45, 2.75) is 52.2 Å². The van der Waals surface area contributed by atoms with Crippen molar-refractivity contribution in [1.29, 1.82) is 0 Å². The summed E-state index contributed by atoms with van der Waals surface area (Å²) in [6.07, 6.45) is 1.90. The standard InChI is InChI=1S/C12H22N2OS/c1-5-12(6-2,15-7-3)11-14-10(8-16-11)9(4)13/h8-9H,5-7,13H2,1-4H3. The van der Waals surface area contributed by atoms with Crippen molar-refractivity contribution in [2.24, 2.45) is 5.73 Å². The van der Waals surface area contributed by atoms with Crippen LogP contribution in [0.4, 0.5) is 0 Å². The zero-order chi connectivity index (χ0) is 12.2. The Morgan fingerprint density at radius 2 is 2.06 bits per heavy atom. The van der Waals surface area contributed by atoms with Gasteiger partial charge in [-0.2, -0.15) is 0 Å². The molecule has 0 aromatic carbocycles. The summed E-state index contributed by atoms with van der Waals surface area (Å²) in [5.74, 6) is 0. The molecule has 1 aromatic heterocycles. The highest BCUT2D eigenvalue weighted by Crippen LogP contribution is 2.35. The summed E-state index contributed by atoms with van der Waals surface area (Å²) in [4.78, 5) is 4.61. The van der Waals surface area contributed by atoms with E-state index in [-0.39, 0.29) is 11.6 Å². The molecule has 0 saturated heterocycles. The molecule has 1 aromatic rings. The van der Waals surface area contributed by atoms with Crippen LogP contribution in [0.25, 0.3) is 0 Å². The molecule has 1 unspecified atom stereocenters.